The lowest BCUT2D eigenvalue weighted by atomic mass is 9.62. The number of aliphatic hydroxyl groups excluding tert-OH is 1. The first-order chi connectivity index (χ1) is 18.2. The molecule has 2 bridgehead atoms. The second-order valence-electron chi connectivity index (χ2n) is 10.8. The average Bonchev–Trinajstić information content (AvgIpc) is 3.40. The minimum Gasteiger partial charge on any atom is -0.396 e. The van der Waals surface area contributed by atoms with E-state index in [9.17, 15) is 19.5 Å². The van der Waals surface area contributed by atoms with Gasteiger partial charge in [0.05, 0.1) is 28.1 Å². The number of nitrogens with zero attached hydrogens (tertiary/aromatic N) is 1. The molecule has 3 amide bonds. The van der Waals surface area contributed by atoms with E-state index in [1.807, 2.05) is 32.0 Å². The molecule has 0 aliphatic carbocycles. The number of aliphatic hydroxyl groups is 1. The number of anilines is 2. The van der Waals surface area contributed by atoms with Gasteiger partial charge in [-0.15, -0.1) is 0 Å². The smallest absolute Gasteiger partial charge is 0.250 e. The van der Waals surface area contributed by atoms with Gasteiger partial charge in [0.15, 0.2) is 0 Å². The number of hydrogen-bond donors (Lipinski definition) is 3. The van der Waals surface area contributed by atoms with Gasteiger partial charge in [0.1, 0.15) is 11.6 Å². The summed E-state index contributed by atoms with van der Waals surface area (Å²) < 4.78 is 6.73. The Labute approximate surface area is 227 Å². The first-order valence-corrected chi connectivity index (χ1v) is 13.6. The van der Waals surface area contributed by atoms with Gasteiger partial charge in [-0.2, -0.15) is 0 Å². The number of likely N-dealkylation sites (tertiary alicyclic amines) is 1. The van der Waals surface area contributed by atoms with Crippen molar-refractivity contribution in [2.45, 2.75) is 56.8 Å². The van der Waals surface area contributed by atoms with Gasteiger partial charge in [0, 0.05) is 18.8 Å². The van der Waals surface area contributed by atoms with Crippen LogP contribution in [0.4, 0.5) is 11.4 Å². The Morgan fingerprint density at radius 1 is 1.05 bits per heavy atom. The van der Waals surface area contributed by atoms with Gasteiger partial charge < -0.3 is 25.4 Å². The Morgan fingerprint density at radius 2 is 1.76 bits per heavy atom. The van der Waals surface area contributed by atoms with E-state index in [1.54, 1.807) is 41.3 Å². The van der Waals surface area contributed by atoms with Crippen molar-refractivity contribution >= 4 is 40.7 Å². The number of unbranched alkanes of at least 4 members (excludes halogenated alkanes) is 2. The third-order valence-electron chi connectivity index (χ3n) is 8.58. The molecule has 3 N–H and O–H groups in total. The predicted octanol–water partition coefficient (Wildman–Crippen LogP) is 4.09. The molecular weight excluding hydrogens is 506 g/mol. The molecule has 3 fully saturated rings. The van der Waals surface area contributed by atoms with Gasteiger partial charge in [-0.1, -0.05) is 48.9 Å². The Balaban J connectivity index is 1.51. The van der Waals surface area contributed by atoms with Crippen LogP contribution in [0.15, 0.2) is 54.6 Å². The number of fused-ring (bicyclic) bond motifs is 1. The van der Waals surface area contributed by atoms with Gasteiger partial charge in [0.2, 0.25) is 17.7 Å². The lowest BCUT2D eigenvalue weighted by Gasteiger charge is -2.36. The number of amides is 3. The minimum atomic E-state index is -1.13. The molecule has 202 valence electrons. The van der Waals surface area contributed by atoms with Crippen molar-refractivity contribution in [2.75, 3.05) is 23.8 Å². The van der Waals surface area contributed by atoms with Gasteiger partial charge in [-0.25, -0.2) is 0 Å². The van der Waals surface area contributed by atoms with E-state index < -0.39 is 29.1 Å². The molecular formula is C29H34ClN3O5. The highest BCUT2D eigenvalue weighted by Crippen LogP contribution is 2.65. The van der Waals surface area contributed by atoms with Gasteiger partial charge >= 0.3 is 0 Å². The highest BCUT2D eigenvalue weighted by Gasteiger charge is 2.79. The van der Waals surface area contributed by atoms with Crippen LogP contribution < -0.4 is 10.6 Å². The van der Waals surface area contributed by atoms with Crippen molar-refractivity contribution in [3.05, 3.63) is 59.6 Å². The second kappa shape index (κ2) is 10.3. The fourth-order valence-electron chi connectivity index (χ4n) is 6.76. The molecule has 3 unspecified atom stereocenters. The molecule has 0 radical (unpaired) electrons. The monoisotopic (exact) mass is 539 g/mol. The van der Waals surface area contributed by atoms with E-state index in [4.69, 9.17) is 16.3 Å². The summed E-state index contributed by atoms with van der Waals surface area (Å²) in [6, 6.07) is 15.2. The van der Waals surface area contributed by atoms with E-state index in [0.29, 0.717) is 48.6 Å². The second-order valence-corrected chi connectivity index (χ2v) is 11.3. The maximum absolute atomic E-state index is 14.1. The van der Waals surface area contributed by atoms with Crippen LogP contribution in [0.3, 0.4) is 0 Å². The fraction of sp³-hybridized carbons (Fsp3) is 0.483. The zero-order valence-corrected chi connectivity index (χ0v) is 22.4. The van der Waals surface area contributed by atoms with Crippen LogP contribution in [-0.4, -0.2) is 58.1 Å². The minimum absolute atomic E-state index is 0.0528. The first-order valence-electron chi connectivity index (χ1n) is 13.3. The Bertz CT molecular complexity index is 1230. The first kappa shape index (κ1) is 26.7. The molecule has 3 aliphatic rings. The molecule has 38 heavy (non-hydrogen) atoms. The van der Waals surface area contributed by atoms with Crippen LogP contribution in [0, 0.1) is 17.8 Å². The summed E-state index contributed by atoms with van der Waals surface area (Å²) in [6.07, 6.45) is 2.44. The standard InChI is InChI=1S/C29H34ClN3O5/c1-18-17-29-23(22(28(18,2)38-29)25(35)31-19-11-5-3-6-12-19)27(37)33(15-9-4-10-16-34)24(29)26(36)32-21-14-8-7-13-20(21)30/h3,5-8,11-14,18,22-24,34H,4,9-10,15-17H2,1-2H3,(H,31,35)(H,32,36)/t18?,22-,23+,24?,28+,29?/m1/s1. The van der Waals surface area contributed by atoms with E-state index in [0.717, 1.165) is 0 Å². The highest BCUT2D eigenvalue weighted by atomic mass is 35.5. The van der Waals surface area contributed by atoms with Crippen molar-refractivity contribution in [1.29, 1.82) is 0 Å². The molecule has 5 rings (SSSR count). The van der Waals surface area contributed by atoms with Gasteiger partial charge in [0.25, 0.3) is 0 Å². The molecule has 6 atom stereocenters. The van der Waals surface area contributed by atoms with Crippen LogP contribution in [0.2, 0.25) is 5.02 Å². The lowest BCUT2D eigenvalue weighted by molar-refractivity contribution is -0.144. The summed E-state index contributed by atoms with van der Waals surface area (Å²) in [5, 5.41) is 15.5. The van der Waals surface area contributed by atoms with Crippen LogP contribution in [-0.2, 0) is 19.1 Å². The fourth-order valence-corrected chi connectivity index (χ4v) is 6.94. The predicted molar refractivity (Wildman–Crippen MR) is 145 cm³/mol. The molecule has 2 aromatic rings. The van der Waals surface area contributed by atoms with E-state index in [-0.39, 0.29) is 30.2 Å². The Hall–Kier alpha value is -2.94. The van der Waals surface area contributed by atoms with Crippen molar-refractivity contribution in [1.82, 2.24) is 4.90 Å². The van der Waals surface area contributed by atoms with E-state index in [1.165, 1.54) is 0 Å². The number of carbonyl (C=O) groups excluding carboxylic acids is 3. The van der Waals surface area contributed by atoms with Gasteiger partial charge in [-0.3, -0.25) is 14.4 Å². The lowest BCUT2D eigenvalue weighted by Crippen LogP contribution is -2.54. The van der Waals surface area contributed by atoms with E-state index >= 15 is 0 Å². The molecule has 0 aromatic heterocycles. The van der Waals surface area contributed by atoms with Crippen LogP contribution in [0.25, 0.3) is 0 Å². The maximum Gasteiger partial charge on any atom is 0.250 e. The van der Waals surface area contributed by atoms with Crippen molar-refractivity contribution in [3.63, 3.8) is 0 Å². The number of rotatable bonds is 9. The molecule has 3 aliphatic heterocycles. The number of benzene rings is 2. The molecule has 8 nitrogen and oxygen atoms in total. The van der Waals surface area contributed by atoms with Crippen LogP contribution in [0.1, 0.15) is 39.5 Å². The summed E-state index contributed by atoms with van der Waals surface area (Å²) in [7, 11) is 0. The van der Waals surface area contributed by atoms with Crippen molar-refractivity contribution < 1.29 is 24.2 Å². The quantitative estimate of drug-likeness (QED) is 0.416. The zero-order chi connectivity index (χ0) is 27.1. The summed E-state index contributed by atoms with van der Waals surface area (Å²) in [6.45, 7) is 4.31. The summed E-state index contributed by atoms with van der Waals surface area (Å²) in [5.74, 6) is -2.49. The molecule has 2 aromatic carbocycles. The summed E-state index contributed by atoms with van der Waals surface area (Å²) >= 11 is 6.33. The topological polar surface area (TPSA) is 108 Å². The summed E-state index contributed by atoms with van der Waals surface area (Å²) in [5.41, 5.74) is -0.932. The normalized spacial score (nSPS) is 31.4. The number of hydrogen-bond acceptors (Lipinski definition) is 5. The van der Waals surface area contributed by atoms with Crippen LogP contribution >= 0.6 is 11.6 Å². The molecule has 1 spiro atoms. The number of ether oxygens (including phenoxy) is 1. The van der Waals surface area contributed by atoms with Crippen molar-refractivity contribution in [2.24, 2.45) is 17.8 Å². The van der Waals surface area contributed by atoms with Gasteiger partial charge in [-0.05, 0) is 62.8 Å². The Kier molecular flexibility index (Phi) is 7.24. The van der Waals surface area contributed by atoms with E-state index in [2.05, 4.69) is 10.6 Å². The summed E-state index contributed by atoms with van der Waals surface area (Å²) in [4.78, 5) is 43.4. The number of halogens is 1. The third-order valence-corrected chi connectivity index (χ3v) is 8.91. The molecule has 3 heterocycles. The molecule has 9 heteroatoms. The Morgan fingerprint density at radius 3 is 2.47 bits per heavy atom. The third kappa shape index (κ3) is 4.28. The maximum atomic E-state index is 14.1. The largest absolute Gasteiger partial charge is 0.396 e. The number of para-hydroxylation sites is 2. The zero-order valence-electron chi connectivity index (χ0n) is 21.7. The molecule has 3 saturated heterocycles. The average molecular weight is 540 g/mol. The number of nitrogens with one attached hydrogen (secondary N) is 2. The highest BCUT2D eigenvalue weighted by molar-refractivity contribution is 6.33. The number of carbonyl (C=O) groups is 3. The SMILES string of the molecule is CC1CC23O[C@]1(C)[C@@H](C(=O)Nc1ccccc1)[C@H]2C(=O)N(CCCCCO)C3C(=O)Nc1ccccc1Cl. The molecule has 0 saturated carbocycles. The van der Waals surface area contributed by atoms with Crippen LogP contribution in [0.5, 0.6) is 0 Å². The van der Waals surface area contributed by atoms with Crippen molar-refractivity contribution in [3.8, 4) is 0 Å².